The zero-order valence-corrected chi connectivity index (χ0v) is 10.1. The first-order valence-electron chi connectivity index (χ1n) is 5.83. The van der Waals surface area contributed by atoms with Gasteiger partial charge in [0, 0.05) is 12.2 Å². The predicted molar refractivity (Wildman–Crippen MR) is 70.5 cm³/mol. The molecule has 0 aliphatic heterocycles. The fraction of sp³-hybridized carbons (Fsp3) is 0.500. The number of aromatic nitrogens is 1. The van der Waals surface area contributed by atoms with Gasteiger partial charge in [0.05, 0.1) is 0 Å². The lowest BCUT2D eigenvalue weighted by Crippen LogP contribution is -2.38. The van der Waals surface area contributed by atoms with Crippen LogP contribution in [0.1, 0.15) is 32.1 Å². The van der Waals surface area contributed by atoms with E-state index in [0.29, 0.717) is 11.2 Å². The van der Waals surface area contributed by atoms with E-state index in [1.165, 1.54) is 32.1 Å². The lowest BCUT2D eigenvalue weighted by molar-refractivity contribution is 0.415. The maximum Gasteiger partial charge on any atom is 0.172 e. The second-order valence-corrected chi connectivity index (χ2v) is 4.56. The summed E-state index contributed by atoms with van der Waals surface area (Å²) >= 11 is 5.25. The van der Waals surface area contributed by atoms with Crippen molar-refractivity contribution in [2.24, 2.45) is 0 Å². The van der Waals surface area contributed by atoms with Gasteiger partial charge in [-0.2, -0.15) is 0 Å². The molecule has 0 atom stereocenters. The summed E-state index contributed by atoms with van der Waals surface area (Å²) in [5.74, 6) is 0.802. The van der Waals surface area contributed by atoms with Crippen molar-refractivity contribution >= 4 is 23.1 Å². The number of hydrogen-bond donors (Lipinski definition) is 2. The number of rotatable bonds is 2. The normalized spacial score (nSPS) is 16.8. The van der Waals surface area contributed by atoms with E-state index < -0.39 is 0 Å². The molecule has 16 heavy (non-hydrogen) atoms. The van der Waals surface area contributed by atoms with Crippen LogP contribution in [0, 0.1) is 0 Å². The van der Waals surface area contributed by atoms with Gasteiger partial charge in [-0.25, -0.2) is 4.98 Å². The van der Waals surface area contributed by atoms with Gasteiger partial charge in [-0.3, -0.25) is 0 Å². The molecule has 4 heteroatoms. The summed E-state index contributed by atoms with van der Waals surface area (Å²) in [4.78, 5) is 4.17. The van der Waals surface area contributed by atoms with Crippen LogP contribution in [-0.4, -0.2) is 16.1 Å². The third-order valence-electron chi connectivity index (χ3n) is 2.85. The van der Waals surface area contributed by atoms with Crippen LogP contribution in [0.5, 0.6) is 0 Å². The molecule has 1 aliphatic carbocycles. The number of nitrogens with one attached hydrogen (secondary N) is 2. The van der Waals surface area contributed by atoms with Gasteiger partial charge in [0.1, 0.15) is 5.82 Å². The molecule has 1 heterocycles. The van der Waals surface area contributed by atoms with Crippen molar-refractivity contribution in [3.8, 4) is 0 Å². The Labute approximate surface area is 102 Å². The standard InChI is InChI=1S/C12H17N3S/c16-12(14-10-6-2-1-3-7-10)15-11-8-4-5-9-13-11/h4-5,8-10H,1-3,6-7H2,(H2,13,14,15,16). The monoisotopic (exact) mass is 235 g/mol. The maximum atomic E-state index is 5.25. The topological polar surface area (TPSA) is 37.0 Å². The summed E-state index contributed by atoms with van der Waals surface area (Å²) in [6.45, 7) is 0. The van der Waals surface area contributed by atoms with Gasteiger partial charge in [-0.05, 0) is 37.2 Å². The van der Waals surface area contributed by atoms with Gasteiger partial charge in [-0.1, -0.05) is 25.3 Å². The quantitative estimate of drug-likeness (QED) is 0.773. The molecule has 0 aromatic carbocycles. The Morgan fingerprint density at radius 1 is 1.25 bits per heavy atom. The number of nitrogens with zero attached hydrogens (tertiary/aromatic N) is 1. The average molecular weight is 235 g/mol. The van der Waals surface area contributed by atoms with E-state index in [1.807, 2.05) is 18.2 Å². The molecule has 0 unspecified atom stereocenters. The molecule has 1 aliphatic rings. The van der Waals surface area contributed by atoms with Crippen molar-refractivity contribution < 1.29 is 0 Å². The fourth-order valence-electron chi connectivity index (χ4n) is 2.02. The molecule has 0 saturated heterocycles. The van der Waals surface area contributed by atoms with E-state index in [1.54, 1.807) is 6.20 Å². The minimum atomic E-state index is 0.539. The van der Waals surface area contributed by atoms with Crippen molar-refractivity contribution in [1.82, 2.24) is 10.3 Å². The molecular weight excluding hydrogens is 218 g/mol. The van der Waals surface area contributed by atoms with Crippen LogP contribution < -0.4 is 10.6 Å². The second kappa shape index (κ2) is 5.80. The molecule has 1 fully saturated rings. The lowest BCUT2D eigenvalue weighted by atomic mass is 9.96. The van der Waals surface area contributed by atoms with E-state index in [4.69, 9.17) is 12.2 Å². The van der Waals surface area contributed by atoms with E-state index in [9.17, 15) is 0 Å². The zero-order valence-electron chi connectivity index (χ0n) is 9.28. The Morgan fingerprint density at radius 2 is 2.06 bits per heavy atom. The Kier molecular flexibility index (Phi) is 4.10. The first-order valence-corrected chi connectivity index (χ1v) is 6.24. The lowest BCUT2D eigenvalue weighted by Gasteiger charge is -2.24. The summed E-state index contributed by atoms with van der Waals surface area (Å²) < 4.78 is 0. The summed E-state index contributed by atoms with van der Waals surface area (Å²) in [5, 5.41) is 7.13. The molecule has 2 N–H and O–H groups in total. The van der Waals surface area contributed by atoms with Crippen LogP contribution in [0.3, 0.4) is 0 Å². The Morgan fingerprint density at radius 3 is 2.75 bits per heavy atom. The highest BCUT2D eigenvalue weighted by atomic mass is 32.1. The fourth-order valence-corrected chi connectivity index (χ4v) is 2.29. The highest BCUT2D eigenvalue weighted by molar-refractivity contribution is 7.80. The molecule has 1 saturated carbocycles. The summed E-state index contributed by atoms with van der Waals surface area (Å²) in [6.07, 6.45) is 8.19. The van der Waals surface area contributed by atoms with Crippen LogP contribution in [0.15, 0.2) is 24.4 Å². The van der Waals surface area contributed by atoms with Crippen LogP contribution in [-0.2, 0) is 0 Å². The predicted octanol–water partition coefficient (Wildman–Crippen LogP) is 2.70. The highest BCUT2D eigenvalue weighted by Crippen LogP contribution is 2.17. The van der Waals surface area contributed by atoms with Gasteiger partial charge >= 0.3 is 0 Å². The molecule has 86 valence electrons. The minimum Gasteiger partial charge on any atom is -0.360 e. The smallest absolute Gasteiger partial charge is 0.172 e. The summed E-state index contributed by atoms with van der Waals surface area (Å²) in [5.41, 5.74) is 0. The van der Waals surface area contributed by atoms with E-state index >= 15 is 0 Å². The minimum absolute atomic E-state index is 0.539. The third-order valence-corrected chi connectivity index (χ3v) is 3.07. The number of pyridine rings is 1. The molecule has 0 spiro atoms. The molecule has 2 rings (SSSR count). The van der Waals surface area contributed by atoms with Gasteiger partial charge in [0.15, 0.2) is 5.11 Å². The molecule has 0 radical (unpaired) electrons. The second-order valence-electron chi connectivity index (χ2n) is 4.15. The van der Waals surface area contributed by atoms with E-state index in [2.05, 4.69) is 15.6 Å². The first-order chi connectivity index (χ1) is 7.84. The van der Waals surface area contributed by atoms with Crippen molar-refractivity contribution in [2.75, 3.05) is 5.32 Å². The third kappa shape index (κ3) is 3.45. The summed E-state index contributed by atoms with van der Waals surface area (Å²) in [7, 11) is 0. The van der Waals surface area contributed by atoms with Crippen molar-refractivity contribution in [3.05, 3.63) is 24.4 Å². The molecule has 0 bridgehead atoms. The Balaban J connectivity index is 1.80. The van der Waals surface area contributed by atoms with Gasteiger partial charge in [0.25, 0.3) is 0 Å². The van der Waals surface area contributed by atoms with E-state index in [0.717, 1.165) is 5.82 Å². The molecular formula is C12H17N3S. The first kappa shape index (κ1) is 11.3. The van der Waals surface area contributed by atoms with Gasteiger partial charge in [0.2, 0.25) is 0 Å². The molecule has 0 amide bonds. The number of thiocarbonyl (C=S) groups is 1. The van der Waals surface area contributed by atoms with E-state index in [-0.39, 0.29) is 0 Å². The Bertz CT molecular complexity index is 333. The van der Waals surface area contributed by atoms with Crippen molar-refractivity contribution in [2.45, 2.75) is 38.1 Å². The SMILES string of the molecule is S=C(Nc1ccccn1)NC1CCCCC1. The average Bonchev–Trinajstić information content (AvgIpc) is 2.31. The number of hydrogen-bond acceptors (Lipinski definition) is 2. The van der Waals surface area contributed by atoms with Gasteiger partial charge < -0.3 is 10.6 Å². The van der Waals surface area contributed by atoms with Crippen LogP contribution in [0.25, 0.3) is 0 Å². The zero-order chi connectivity index (χ0) is 11.2. The largest absolute Gasteiger partial charge is 0.360 e. The van der Waals surface area contributed by atoms with Crippen LogP contribution >= 0.6 is 12.2 Å². The molecule has 1 aromatic rings. The van der Waals surface area contributed by atoms with Crippen LogP contribution in [0.4, 0.5) is 5.82 Å². The molecule has 3 nitrogen and oxygen atoms in total. The van der Waals surface area contributed by atoms with Crippen molar-refractivity contribution in [3.63, 3.8) is 0 Å². The Hall–Kier alpha value is -1.16. The van der Waals surface area contributed by atoms with Crippen molar-refractivity contribution in [1.29, 1.82) is 0 Å². The number of anilines is 1. The molecule has 1 aromatic heterocycles. The highest BCUT2D eigenvalue weighted by Gasteiger charge is 2.13. The van der Waals surface area contributed by atoms with Crippen LogP contribution in [0.2, 0.25) is 0 Å². The summed E-state index contributed by atoms with van der Waals surface area (Å²) in [6, 6.07) is 6.29. The maximum absolute atomic E-state index is 5.25. The van der Waals surface area contributed by atoms with Gasteiger partial charge in [-0.15, -0.1) is 0 Å².